The first-order chi connectivity index (χ1) is 17.2. The van der Waals surface area contributed by atoms with Gasteiger partial charge in [0.05, 0.1) is 0 Å². The number of benzene rings is 2. The summed E-state index contributed by atoms with van der Waals surface area (Å²) in [4.78, 5) is 5.55. The van der Waals surface area contributed by atoms with Gasteiger partial charge in [-0.05, 0) is 82.2 Å². The summed E-state index contributed by atoms with van der Waals surface area (Å²) < 4.78 is 11.1. The van der Waals surface area contributed by atoms with E-state index in [0.717, 1.165) is 0 Å². The van der Waals surface area contributed by atoms with E-state index >= 15 is 0 Å². The highest BCUT2D eigenvalue weighted by Gasteiger charge is 2.15. The summed E-state index contributed by atoms with van der Waals surface area (Å²) in [5.41, 5.74) is 0. The minimum Gasteiger partial charge on any atom is -0.143 e. The quantitative estimate of drug-likeness (QED) is 0.193. The van der Waals surface area contributed by atoms with Crippen molar-refractivity contribution >= 4 is 139 Å². The molecule has 0 N–H and O–H groups in total. The van der Waals surface area contributed by atoms with Crippen molar-refractivity contribution in [3.63, 3.8) is 0 Å². The van der Waals surface area contributed by atoms with Crippen LogP contribution in [0.1, 0.15) is 0 Å². The Morgan fingerprint density at radius 1 is 0.343 bits per heavy atom. The molecule has 0 fully saturated rings. The normalized spacial score (nSPS) is 12.6. The lowest BCUT2D eigenvalue weighted by atomic mass is 10.1. The van der Waals surface area contributed by atoms with Crippen molar-refractivity contribution < 1.29 is 0 Å². The van der Waals surface area contributed by atoms with Gasteiger partial charge in [0.2, 0.25) is 0 Å². The molecule has 0 spiro atoms. The van der Waals surface area contributed by atoms with Crippen LogP contribution in [0.15, 0.2) is 71.4 Å². The smallest absolute Gasteiger partial charge is 0.0463 e. The van der Waals surface area contributed by atoms with Crippen LogP contribution in [0.25, 0.3) is 78.7 Å². The highest BCUT2D eigenvalue weighted by atomic mass is 32.1. The van der Waals surface area contributed by atoms with Gasteiger partial charge in [0.1, 0.15) is 0 Å². The maximum absolute atomic E-state index is 2.43. The summed E-state index contributed by atoms with van der Waals surface area (Å²) in [7, 11) is 0. The molecule has 166 valence electrons. The molecule has 0 atom stereocenters. The van der Waals surface area contributed by atoms with Crippen LogP contribution in [0.4, 0.5) is 0 Å². The Labute approximate surface area is 227 Å². The Kier molecular flexibility index (Phi) is 4.14. The average molecular weight is 573 g/mol. The number of hydrogen-bond donors (Lipinski definition) is 0. The molecule has 0 saturated carbocycles. The van der Waals surface area contributed by atoms with Crippen molar-refractivity contribution in [2.45, 2.75) is 0 Å². The number of hydrogen-bond acceptors (Lipinski definition) is 7. The SMILES string of the molecule is c1cc2sc(-c3cc4cc5sc6cc7cc(-c8cc9sccc9s8)sc7cc6c5cc4s3)cc2s1. The van der Waals surface area contributed by atoms with Crippen LogP contribution in [0.3, 0.4) is 0 Å². The van der Waals surface area contributed by atoms with Crippen molar-refractivity contribution in [2.75, 3.05) is 0 Å². The Morgan fingerprint density at radius 2 is 0.800 bits per heavy atom. The first-order valence-corrected chi connectivity index (χ1v) is 16.9. The molecule has 0 aliphatic carbocycles. The first-order valence-electron chi connectivity index (χ1n) is 11.0. The molecule has 7 heterocycles. The van der Waals surface area contributed by atoms with Gasteiger partial charge in [-0.25, -0.2) is 0 Å². The van der Waals surface area contributed by atoms with Gasteiger partial charge < -0.3 is 0 Å². The van der Waals surface area contributed by atoms with Gasteiger partial charge in [-0.1, -0.05) is 0 Å². The maximum Gasteiger partial charge on any atom is 0.0463 e. The molecule has 35 heavy (non-hydrogen) atoms. The van der Waals surface area contributed by atoms with Crippen LogP contribution >= 0.6 is 79.4 Å². The first kappa shape index (κ1) is 20.0. The molecule has 9 aromatic rings. The van der Waals surface area contributed by atoms with Crippen molar-refractivity contribution in [3.05, 3.63) is 71.4 Å². The number of thiophene rings is 7. The van der Waals surface area contributed by atoms with E-state index in [1.54, 1.807) is 0 Å². The van der Waals surface area contributed by atoms with Gasteiger partial charge in [-0.3, -0.25) is 0 Å². The molecule has 0 aliphatic heterocycles. The van der Waals surface area contributed by atoms with E-state index in [1.165, 1.54) is 78.7 Å². The summed E-state index contributed by atoms with van der Waals surface area (Å²) in [5.74, 6) is 0. The van der Waals surface area contributed by atoms with Gasteiger partial charge in [0.15, 0.2) is 0 Å². The summed E-state index contributed by atoms with van der Waals surface area (Å²) in [6.45, 7) is 0. The van der Waals surface area contributed by atoms with Crippen LogP contribution in [0, 0.1) is 0 Å². The van der Waals surface area contributed by atoms with Crippen LogP contribution in [-0.2, 0) is 0 Å². The second kappa shape index (κ2) is 7.23. The second-order valence-electron chi connectivity index (χ2n) is 8.62. The zero-order chi connectivity index (χ0) is 22.7. The fourth-order valence-corrected chi connectivity index (χ4v) is 12.6. The molecule has 0 saturated heterocycles. The molecule has 0 unspecified atom stereocenters. The molecule has 0 amide bonds. The van der Waals surface area contributed by atoms with Gasteiger partial charge in [0.25, 0.3) is 0 Å². The van der Waals surface area contributed by atoms with E-state index < -0.39 is 0 Å². The van der Waals surface area contributed by atoms with Gasteiger partial charge in [-0.15, -0.1) is 79.4 Å². The van der Waals surface area contributed by atoms with E-state index in [4.69, 9.17) is 0 Å². The Hall–Kier alpha value is -2.10. The molecular formula is C28H12S7. The lowest BCUT2D eigenvalue weighted by Crippen LogP contribution is -1.67. The van der Waals surface area contributed by atoms with E-state index in [9.17, 15) is 0 Å². The Bertz CT molecular complexity index is 2020. The van der Waals surface area contributed by atoms with Crippen molar-refractivity contribution in [3.8, 4) is 19.5 Å². The average Bonchev–Trinajstić information content (AvgIpc) is 3.64. The van der Waals surface area contributed by atoms with Crippen LogP contribution < -0.4 is 0 Å². The third kappa shape index (κ3) is 2.98. The van der Waals surface area contributed by atoms with Crippen molar-refractivity contribution in [1.29, 1.82) is 0 Å². The van der Waals surface area contributed by atoms with Crippen molar-refractivity contribution in [1.82, 2.24) is 0 Å². The Balaban J connectivity index is 1.20. The van der Waals surface area contributed by atoms with Crippen LogP contribution in [0.2, 0.25) is 0 Å². The molecule has 9 rings (SSSR count). The van der Waals surface area contributed by atoms with Crippen LogP contribution in [0.5, 0.6) is 0 Å². The molecule has 0 nitrogen and oxygen atoms in total. The highest BCUT2D eigenvalue weighted by Crippen LogP contribution is 2.47. The Morgan fingerprint density at radius 3 is 1.29 bits per heavy atom. The second-order valence-corrected chi connectivity index (χ2v) is 15.9. The molecule has 0 bridgehead atoms. The lowest BCUT2D eigenvalue weighted by Gasteiger charge is -1.94. The minimum atomic E-state index is 1.36. The zero-order valence-electron chi connectivity index (χ0n) is 17.8. The summed E-state index contributed by atoms with van der Waals surface area (Å²) in [6, 6.07) is 23.6. The third-order valence-corrected chi connectivity index (χ3v) is 14.4. The van der Waals surface area contributed by atoms with Gasteiger partial charge in [0, 0.05) is 67.9 Å². The fourth-order valence-electron chi connectivity index (χ4n) is 4.86. The predicted molar refractivity (Wildman–Crippen MR) is 167 cm³/mol. The molecule has 7 aromatic heterocycles. The highest BCUT2D eigenvalue weighted by molar-refractivity contribution is 7.33. The van der Waals surface area contributed by atoms with Gasteiger partial charge >= 0.3 is 0 Å². The van der Waals surface area contributed by atoms with Gasteiger partial charge in [-0.2, -0.15) is 0 Å². The van der Waals surface area contributed by atoms with E-state index in [2.05, 4.69) is 71.4 Å². The molecule has 0 radical (unpaired) electrons. The lowest BCUT2D eigenvalue weighted by molar-refractivity contribution is 2.00. The third-order valence-electron chi connectivity index (χ3n) is 6.51. The molecule has 7 heteroatoms. The topological polar surface area (TPSA) is 0 Å². The summed E-state index contributed by atoms with van der Waals surface area (Å²) in [5, 5.41) is 9.89. The number of rotatable bonds is 2. The maximum atomic E-state index is 2.43. The monoisotopic (exact) mass is 572 g/mol. The zero-order valence-corrected chi connectivity index (χ0v) is 23.5. The standard InChI is InChI=1S/C28H12S7/c1-3-29-23-11-27(31-17(1)23)25-7-13-5-21-15(9-19(13)33-25)16-10-20-14(6-22(16)35-21)8-26(34-20)28-12-24-18(32-28)2-4-30-24/h1-12H. The largest absolute Gasteiger partial charge is 0.143 e. The summed E-state index contributed by atoms with van der Waals surface area (Å²) >= 11 is 13.3. The van der Waals surface area contributed by atoms with E-state index in [1.807, 2.05) is 79.4 Å². The van der Waals surface area contributed by atoms with E-state index in [0.29, 0.717) is 0 Å². The minimum absolute atomic E-state index is 1.36. The molecule has 2 aromatic carbocycles. The molecule has 0 aliphatic rings. The van der Waals surface area contributed by atoms with E-state index in [-0.39, 0.29) is 0 Å². The van der Waals surface area contributed by atoms with Crippen molar-refractivity contribution in [2.24, 2.45) is 0 Å². The molecular weight excluding hydrogens is 561 g/mol. The predicted octanol–water partition coefficient (Wildman–Crippen LogP) is 12.4. The summed E-state index contributed by atoms with van der Waals surface area (Å²) in [6.07, 6.45) is 0. The van der Waals surface area contributed by atoms with Crippen LogP contribution in [-0.4, -0.2) is 0 Å². The fraction of sp³-hybridized carbons (Fsp3) is 0. The number of fused-ring (bicyclic) bond motifs is 7.